The predicted octanol–water partition coefficient (Wildman–Crippen LogP) is 3.05. The highest BCUT2D eigenvalue weighted by Crippen LogP contribution is 2.50. The van der Waals surface area contributed by atoms with Gasteiger partial charge in [-0.2, -0.15) is 0 Å². The van der Waals surface area contributed by atoms with Gasteiger partial charge in [0.05, 0.1) is 5.41 Å². The zero-order valence-corrected chi connectivity index (χ0v) is 10.7. The standard InChI is InChI=1S/C14H16F3NO/c1-2-3-6-18-13(19)14(4-5-14)12-10(16)7-9(15)8-11(12)17/h7-8H,2-6H2,1H3,(H,18,19). The summed E-state index contributed by atoms with van der Waals surface area (Å²) in [6, 6.07) is 1.25. The molecule has 0 saturated heterocycles. The van der Waals surface area contributed by atoms with Gasteiger partial charge in [-0.05, 0) is 19.3 Å². The van der Waals surface area contributed by atoms with E-state index in [-0.39, 0.29) is 11.5 Å². The minimum absolute atomic E-state index is 0.303. The number of unbranched alkanes of at least 4 members (excludes halogenated alkanes) is 1. The van der Waals surface area contributed by atoms with Gasteiger partial charge in [-0.15, -0.1) is 0 Å². The predicted molar refractivity (Wildman–Crippen MR) is 65.1 cm³/mol. The van der Waals surface area contributed by atoms with Crippen LogP contribution in [0.3, 0.4) is 0 Å². The average molecular weight is 271 g/mol. The molecule has 1 amide bonds. The lowest BCUT2D eigenvalue weighted by atomic mass is 9.93. The number of nitrogens with one attached hydrogen (secondary N) is 1. The van der Waals surface area contributed by atoms with Crippen LogP contribution in [0.15, 0.2) is 12.1 Å². The fourth-order valence-corrected chi connectivity index (χ4v) is 2.26. The van der Waals surface area contributed by atoms with Crippen LogP contribution in [0.1, 0.15) is 38.2 Å². The monoisotopic (exact) mass is 271 g/mol. The van der Waals surface area contributed by atoms with Crippen LogP contribution < -0.4 is 5.32 Å². The molecule has 1 N–H and O–H groups in total. The molecule has 0 unspecified atom stereocenters. The maximum atomic E-state index is 13.7. The Hall–Kier alpha value is -1.52. The zero-order valence-electron chi connectivity index (χ0n) is 10.7. The molecular weight excluding hydrogens is 255 g/mol. The highest BCUT2D eigenvalue weighted by molar-refractivity contribution is 5.91. The summed E-state index contributed by atoms with van der Waals surface area (Å²) >= 11 is 0. The van der Waals surface area contributed by atoms with Crippen LogP contribution in [0.2, 0.25) is 0 Å². The van der Waals surface area contributed by atoms with Crippen LogP contribution in [0, 0.1) is 17.5 Å². The van der Waals surface area contributed by atoms with E-state index in [9.17, 15) is 18.0 Å². The van der Waals surface area contributed by atoms with Crippen LogP contribution in [-0.4, -0.2) is 12.5 Å². The van der Waals surface area contributed by atoms with E-state index in [4.69, 9.17) is 0 Å². The van der Waals surface area contributed by atoms with Crippen molar-refractivity contribution < 1.29 is 18.0 Å². The van der Waals surface area contributed by atoms with Gasteiger partial charge in [-0.1, -0.05) is 13.3 Å². The first-order valence-corrected chi connectivity index (χ1v) is 6.44. The molecule has 1 aliphatic rings. The van der Waals surface area contributed by atoms with E-state index in [0.29, 0.717) is 31.5 Å². The smallest absolute Gasteiger partial charge is 0.230 e. The van der Waals surface area contributed by atoms with Crippen LogP contribution in [0.4, 0.5) is 13.2 Å². The van der Waals surface area contributed by atoms with Crippen LogP contribution in [0.25, 0.3) is 0 Å². The molecule has 1 saturated carbocycles. The molecule has 0 radical (unpaired) electrons. The fourth-order valence-electron chi connectivity index (χ4n) is 2.26. The average Bonchev–Trinajstić information content (AvgIpc) is 3.09. The minimum Gasteiger partial charge on any atom is -0.355 e. The second kappa shape index (κ2) is 5.23. The zero-order chi connectivity index (χ0) is 14.0. The Morgan fingerprint density at radius 3 is 2.32 bits per heavy atom. The first-order valence-electron chi connectivity index (χ1n) is 6.44. The van der Waals surface area contributed by atoms with Crippen molar-refractivity contribution in [3.8, 4) is 0 Å². The third-order valence-electron chi connectivity index (χ3n) is 3.49. The Balaban J connectivity index is 2.23. The summed E-state index contributed by atoms with van der Waals surface area (Å²) in [6.07, 6.45) is 2.53. The molecule has 104 valence electrons. The van der Waals surface area contributed by atoms with E-state index in [1.165, 1.54) is 0 Å². The van der Waals surface area contributed by atoms with Crippen LogP contribution in [-0.2, 0) is 10.2 Å². The molecule has 0 bridgehead atoms. The summed E-state index contributed by atoms with van der Waals surface area (Å²) < 4.78 is 40.4. The Kier molecular flexibility index (Phi) is 3.83. The van der Waals surface area contributed by atoms with E-state index in [1.807, 2.05) is 6.92 Å². The summed E-state index contributed by atoms with van der Waals surface area (Å²) in [6.45, 7) is 2.47. The van der Waals surface area contributed by atoms with Gasteiger partial charge in [0.15, 0.2) is 0 Å². The molecule has 5 heteroatoms. The summed E-state index contributed by atoms with van der Waals surface area (Å²) in [5.74, 6) is -3.31. The highest BCUT2D eigenvalue weighted by Gasteiger charge is 2.54. The van der Waals surface area contributed by atoms with Gasteiger partial charge < -0.3 is 5.32 Å². The molecule has 0 atom stereocenters. The quantitative estimate of drug-likeness (QED) is 0.819. The molecule has 0 aromatic heterocycles. The third kappa shape index (κ3) is 2.60. The lowest BCUT2D eigenvalue weighted by Crippen LogP contribution is -2.36. The van der Waals surface area contributed by atoms with Gasteiger partial charge in [0.2, 0.25) is 5.91 Å². The number of hydrogen-bond acceptors (Lipinski definition) is 1. The largest absolute Gasteiger partial charge is 0.355 e. The van der Waals surface area contributed by atoms with Crippen LogP contribution in [0.5, 0.6) is 0 Å². The second-order valence-electron chi connectivity index (χ2n) is 4.94. The molecule has 1 aromatic carbocycles. The van der Waals surface area contributed by atoms with Gasteiger partial charge in [-0.25, -0.2) is 13.2 Å². The van der Waals surface area contributed by atoms with E-state index in [2.05, 4.69) is 5.32 Å². The molecule has 2 rings (SSSR count). The number of carbonyl (C=O) groups excluding carboxylic acids is 1. The fraction of sp³-hybridized carbons (Fsp3) is 0.500. The second-order valence-corrected chi connectivity index (χ2v) is 4.94. The summed E-state index contributed by atoms with van der Waals surface area (Å²) in [7, 11) is 0. The number of halogens is 3. The first kappa shape index (κ1) is 13.9. The van der Waals surface area contributed by atoms with Crippen molar-refractivity contribution in [2.24, 2.45) is 0 Å². The Morgan fingerprint density at radius 2 is 1.84 bits per heavy atom. The van der Waals surface area contributed by atoms with Crippen molar-refractivity contribution in [1.29, 1.82) is 0 Å². The molecule has 2 nitrogen and oxygen atoms in total. The van der Waals surface area contributed by atoms with Crippen molar-refractivity contribution in [2.75, 3.05) is 6.54 Å². The number of benzene rings is 1. The number of rotatable bonds is 5. The molecule has 0 aliphatic heterocycles. The Morgan fingerprint density at radius 1 is 1.26 bits per heavy atom. The van der Waals surface area contributed by atoms with Gasteiger partial charge in [0.25, 0.3) is 0 Å². The van der Waals surface area contributed by atoms with Crippen LogP contribution >= 0.6 is 0 Å². The van der Waals surface area contributed by atoms with E-state index < -0.39 is 22.9 Å². The van der Waals surface area contributed by atoms with Gasteiger partial charge in [-0.3, -0.25) is 4.79 Å². The Bertz CT molecular complexity index is 474. The van der Waals surface area contributed by atoms with E-state index in [1.54, 1.807) is 0 Å². The number of amides is 1. The lowest BCUT2D eigenvalue weighted by molar-refractivity contribution is -0.123. The van der Waals surface area contributed by atoms with Crippen molar-refractivity contribution in [3.63, 3.8) is 0 Å². The molecule has 1 aliphatic carbocycles. The maximum absolute atomic E-state index is 13.7. The van der Waals surface area contributed by atoms with Gasteiger partial charge >= 0.3 is 0 Å². The minimum atomic E-state index is -1.14. The van der Waals surface area contributed by atoms with Crippen molar-refractivity contribution >= 4 is 5.91 Å². The Labute approximate surface area is 110 Å². The maximum Gasteiger partial charge on any atom is 0.230 e. The summed E-state index contributed by atoms with van der Waals surface area (Å²) in [5.41, 5.74) is -1.45. The topological polar surface area (TPSA) is 29.1 Å². The van der Waals surface area contributed by atoms with Crippen molar-refractivity contribution in [2.45, 2.75) is 38.0 Å². The SMILES string of the molecule is CCCCNC(=O)C1(c2c(F)cc(F)cc2F)CC1. The third-order valence-corrected chi connectivity index (χ3v) is 3.49. The number of hydrogen-bond donors (Lipinski definition) is 1. The van der Waals surface area contributed by atoms with Gasteiger partial charge in [0.1, 0.15) is 17.5 Å². The number of carbonyl (C=O) groups is 1. The first-order chi connectivity index (χ1) is 9.01. The van der Waals surface area contributed by atoms with E-state index in [0.717, 1.165) is 12.8 Å². The molecular formula is C14H16F3NO. The highest BCUT2D eigenvalue weighted by atomic mass is 19.1. The molecule has 0 spiro atoms. The molecule has 19 heavy (non-hydrogen) atoms. The summed E-state index contributed by atoms with van der Waals surface area (Å²) in [5, 5.41) is 2.69. The molecule has 1 aromatic rings. The van der Waals surface area contributed by atoms with Crippen molar-refractivity contribution in [1.82, 2.24) is 5.32 Å². The van der Waals surface area contributed by atoms with E-state index >= 15 is 0 Å². The molecule has 0 heterocycles. The lowest BCUT2D eigenvalue weighted by Gasteiger charge is -2.17. The summed E-state index contributed by atoms with van der Waals surface area (Å²) in [4.78, 5) is 12.1. The molecule has 1 fully saturated rings. The van der Waals surface area contributed by atoms with Gasteiger partial charge in [0, 0.05) is 24.2 Å². The van der Waals surface area contributed by atoms with Crippen molar-refractivity contribution in [3.05, 3.63) is 35.1 Å². The normalized spacial score (nSPS) is 16.2.